The molecule has 0 aliphatic rings. The number of thiophene rings is 1. The molecule has 102 valence electrons. The smallest absolute Gasteiger partial charge is 0.323 e. The number of aryl methyl sites for hydroxylation is 1. The van der Waals surface area contributed by atoms with Gasteiger partial charge in [-0.1, -0.05) is 18.2 Å². The lowest BCUT2D eigenvalue weighted by molar-refractivity contribution is -0.137. The predicted molar refractivity (Wildman–Crippen MR) is 71.1 cm³/mol. The first-order valence-electron chi connectivity index (χ1n) is 5.83. The summed E-state index contributed by atoms with van der Waals surface area (Å²) in [4.78, 5) is 1.03. The quantitative estimate of drug-likeness (QED) is 0.893. The average Bonchev–Trinajstić information content (AvgIpc) is 2.75. The molecule has 0 aliphatic heterocycles. The minimum Gasteiger partial charge on any atom is -0.323 e. The number of hydrogen-bond donors (Lipinski definition) is 1. The van der Waals surface area contributed by atoms with E-state index in [2.05, 4.69) is 0 Å². The molecule has 1 aromatic carbocycles. The van der Waals surface area contributed by atoms with E-state index in [-0.39, 0.29) is 6.04 Å². The molecule has 0 aliphatic carbocycles. The zero-order valence-corrected chi connectivity index (χ0v) is 11.2. The van der Waals surface area contributed by atoms with Gasteiger partial charge in [0.1, 0.15) is 0 Å². The molecule has 1 unspecified atom stereocenters. The molecule has 0 radical (unpaired) electrons. The SMILES string of the molecule is Cc1ccsc1C(N)Cc1cccc(C(F)(F)F)c1. The Bertz CT molecular complexity index is 560. The highest BCUT2D eigenvalue weighted by molar-refractivity contribution is 7.10. The summed E-state index contributed by atoms with van der Waals surface area (Å²) < 4.78 is 37.8. The number of rotatable bonds is 3. The van der Waals surface area contributed by atoms with E-state index in [9.17, 15) is 13.2 Å². The van der Waals surface area contributed by atoms with Crippen molar-refractivity contribution in [3.8, 4) is 0 Å². The maximum atomic E-state index is 12.6. The second kappa shape index (κ2) is 5.35. The molecule has 1 aromatic heterocycles. The number of nitrogens with two attached hydrogens (primary N) is 1. The first-order chi connectivity index (χ1) is 8.88. The lowest BCUT2D eigenvalue weighted by atomic mass is 10.0. The molecule has 0 saturated carbocycles. The van der Waals surface area contributed by atoms with Crippen LogP contribution in [0.25, 0.3) is 0 Å². The van der Waals surface area contributed by atoms with E-state index in [4.69, 9.17) is 5.73 Å². The van der Waals surface area contributed by atoms with Gasteiger partial charge in [0.05, 0.1) is 5.56 Å². The van der Waals surface area contributed by atoms with E-state index in [0.29, 0.717) is 12.0 Å². The van der Waals surface area contributed by atoms with Crippen molar-refractivity contribution in [1.29, 1.82) is 0 Å². The molecule has 19 heavy (non-hydrogen) atoms. The Morgan fingerprint density at radius 1 is 1.26 bits per heavy atom. The summed E-state index contributed by atoms with van der Waals surface area (Å²) in [5.41, 5.74) is 7.13. The fourth-order valence-corrected chi connectivity index (χ4v) is 2.92. The van der Waals surface area contributed by atoms with Gasteiger partial charge in [-0.25, -0.2) is 0 Å². The summed E-state index contributed by atoms with van der Waals surface area (Å²) >= 11 is 1.54. The molecule has 5 heteroatoms. The molecular formula is C14H14F3NS. The predicted octanol–water partition coefficient (Wildman–Crippen LogP) is 4.32. The van der Waals surface area contributed by atoms with Gasteiger partial charge in [0.25, 0.3) is 0 Å². The number of alkyl halides is 3. The largest absolute Gasteiger partial charge is 0.416 e. The number of halogens is 3. The van der Waals surface area contributed by atoms with Gasteiger partial charge in [-0.2, -0.15) is 13.2 Å². The van der Waals surface area contributed by atoms with Gasteiger partial charge in [0.15, 0.2) is 0 Å². The van der Waals surface area contributed by atoms with Crippen molar-refractivity contribution < 1.29 is 13.2 Å². The van der Waals surface area contributed by atoms with Crippen LogP contribution in [0.15, 0.2) is 35.7 Å². The molecule has 2 rings (SSSR count). The fourth-order valence-electron chi connectivity index (χ4n) is 1.99. The van der Waals surface area contributed by atoms with E-state index >= 15 is 0 Å². The third-order valence-corrected chi connectivity index (χ3v) is 4.10. The van der Waals surface area contributed by atoms with Crippen LogP contribution in [0.1, 0.15) is 27.6 Å². The van der Waals surface area contributed by atoms with Crippen LogP contribution in [0, 0.1) is 6.92 Å². The lowest BCUT2D eigenvalue weighted by Crippen LogP contribution is -2.13. The van der Waals surface area contributed by atoms with Crippen molar-refractivity contribution in [1.82, 2.24) is 0 Å². The molecule has 0 bridgehead atoms. The molecule has 0 saturated heterocycles. The maximum absolute atomic E-state index is 12.6. The van der Waals surface area contributed by atoms with Crippen LogP contribution in [0.2, 0.25) is 0 Å². The zero-order valence-electron chi connectivity index (χ0n) is 10.4. The fraction of sp³-hybridized carbons (Fsp3) is 0.286. The minimum absolute atomic E-state index is 0.261. The van der Waals surface area contributed by atoms with Gasteiger partial charge < -0.3 is 5.73 Å². The third-order valence-electron chi connectivity index (χ3n) is 2.95. The zero-order chi connectivity index (χ0) is 14.0. The summed E-state index contributed by atoms with van der Waals surface area (Å²) in [5, 5.41) is 1.94. The van der Waals surface area contributed by atoms with Gasteiger partial charge in [-0.3, -0.25) is 0 Å². The Balaban J connectivity index is 2.18. The van der Waals surface area contributed by atoms with Gasteiger partial charge in [-0.15, -0.1) is 11.3 Å². The molecule has 2 N–H and O–H groups in total. The third kappa shape index (κ3) is 3.36. The Labute approximate surface area is 113 Å². The molecule has 0 amide bonds. The normalized spacial score (nSPS) is 13.5. The molecule has 1 atom stereocenters. The first kappa shape index (κ1) is 14.1. The average molecular weight is 285 g/mol. The summed E-state index contributed by atoms with van der Waals surface area (Å²) in [6.45, 7) is 1.96. The van der Waals surface area contributed by atoms with Gasteiger partial charge in [0.2, 0.25) is 0 Å². The minimum atomic E-state index is -4.31. The van der Waals surface area contributed by atoms with E-state index in [1.165, 1.54) is 23.5 Å². The lowest BCUT2D eigenvalue weighted by Gasteiger charge is -2.13. The van der Waals surface area contributed by atoms with Crippen LogP contribution in [0.4, 0.5) is 13.2 Å². The van der Waals surface area contributed by atoms with Crippen molar-refractivity contribution in [2.75, 3.05) is 0 Å². The highest BCUT2D eigenvalue weighted by atomic mass is 32.1. The Morgan fingerprint density at radius 3 is 2.58 bits per heavy atom. The Kier molecular flexibility index (Phi) is 3.96. The van der Waals surface area contributed by atoms with Crippen molar-refractivity contribution in [2.45, 2.75) is 25.6 Å². The van der Waals surface area contributed by atoms with Gasteiger partial charge >= 0.3 is 6.18 Å². The second-order valence-corrected chi connectivity index (χ2v) is 5.42. The van der Waals surface area contributed by atoms with Gasteiger partial charge in [-0.05, 0) is 42.0 Å². The molecule has 2 aromatic rings. The van der Waals surface area contributed by atoms with E-state index in [0.717, 1.165) is 16.5 Å². The topological polar surface area (TPSA) is 26.0 Å². The van der Waals surface area contributed by atoms with E-state index in [1.54, 1.807) is 6.07 Å². The van der Waals surface area contributed by atoms with Crippen LogP contribution in [-0.2, 0) is 12.6 Å². The van der Waals surface area contributed by atoms with Gasteiger partial charge in [0, 0.05) is 10.9 Å². The van der Waals surface area contributed by atoms with E-state index in [1.807, 2.05) is 18.4 Å². The van der Waals surface area contributed by atoms with Crippen molar-refractivity contribution in [3.63, 3.8) is 0 Å². The van der Waals surface area contributed by atoms with Crippen LogP contribution < -0.4 is 5.73 Å². The second-order valence-electron chi connectivity index (χ2n) is 4.48. The highest BCUT2D eigenvalue weighted by Gasteiger charge is 2.30. The van der Waals surface area contributed by atoms with Crippen molar-refractivity contribution in [3.05, 3.63) is 57.3 Å². The van der Waals surface area contributed by atoms with Crippen molar-refractivity contribution in [2.24, 2.45) is 5.73 Å². The monoisotopic (exact) mass is 285 g/mol. The summed E-state index contributed by atoms with van der Waals surface area (Å²) in [6.07, 6.45) is -3.90. The number of hydrogen-bond acceptors (Lipinski definition) is 2. The Hall–Kier alpha value is -1.33. The first-order valence-corrected chi connectivity index (χ1v) is 6.71. The molecule has 1 nitrogen and oxygen atoms in total. The van der Waals surface area contributed by atoms with Crippen LogP contribution in [-0.4, -0.2) is 0 Å². The summed E-state index contributed by atoms with van der Waals surface area (Å²) in [5.74, 6) is 0. The van der Waals surface area contributed by atoms with E-state index < -0.39 is 11.7 Å². The molecule has 1 heterocycles. The summed E-state index contributed by atoms with van der Waals surface area (Å²) in [7, 11) is 0. The van der Waals surface area contributed by atoms with Crippen LogP contribution in [0.5, 0.6) is 0 Å². The molecular weight excluding hydrogens is 271 g/mol. The maximum Gasteiger partial charge on any atom is 0.416 e. The van der Waals surface area contributed by atoms with Crippen molar-refractivity contribution >= 4 is 11.3 Å². The molecule has 0 spiro atoms. The molecule has 0 fully saturated rings. The number of benzene rings is 1. The highest BCUT2D eigenvalue weighted by Crippen LogP contribution is 2.31. The standard InChI is InChI=1S/C14H14F3NS/c1-9-5-6-19-13(9)12(18)8-10-3-2-4-11(7-10)14(15,16)17/h2-7,12H,8,18H2,1H3. The Morgan fingerprint density at radius 2 is 2.00 bits per heavy atom. The summed E-state index contributed by atoms with van der Waals surface area (Å²) in [6, 6.07) is 7.05. The van der Waals surface area contributed by atoms with Crippen LogP contribution >= 0.6 is 11.3 Å². The van der Waals surface area contributed by atoms with Crippen LogP contribution in [0.3, 0.4) is 0 Å².